The van der Waals surface area contributed by atoms with Crippen molar-refractivity contribution in [2.45, 2.75) is 0 Å². The van der Waals surface area contributed by atoms with Crippen molar-refractivity contribution in [2.75, 3.05) is 0 Å². The molecule has 0 aromatic heterocycles. The first-order chi connectivity index (χ1) is 10.6. The molecular formula is C14H10N4O4. The van der Waals surface area contributed by atoms with E-state index in [2.05, 4.69) is 10.2 Å². The molecule has 8 heteroatoms. The lowest BCUT2D eigenvalue weighted by molar-refractivity contribution is -0.385. The van der Waals surface area contributed by atoms with Gasteiger partial charge in [-0.05, 0) is 35.4 Å². The fourth-order valence-corrected chi connectivity index (χ4v) is 1.56. The average Bonchev–Trinajstić information content (AvgIpc) is 2.52. The maximum Gasteiger partial charge on any atom is 0.269 e. The van der Waals surface area contributed by atoms with Gasteiger partial charge in [0.15, 0.2) is 0 Å². The van der Waals surface area contributed by atoms with E-state index in [1.807, 2.05) is 0 Å². The summed E-state index contributed by atoms with van der Waals surface area (Å²) in [7, 11) is 0. The fraction of sp³-hybridized carbons (Fsp3) is 0. The van der Waals surface area contributed by atoms with Crippen molar-refractivity contribution < 1.29 is 9.85 Å². The second-order valence-corrected chi connectivity index (χ2v) is 4.19. The maximum absolute atomic E-state index is 10.5. The van der Waals surface area contributed by atoms with Crippen LogP contribution < -0.4 is 0 Å². The molecule has 2 aromatic carbocycles. The molecule has 22 heavy (non-hydrogen) atoms. The first kappa shape index (κ1) is 15.0. The van der Waals surface area contributed by atoms with Gasteiger partial charge in [0.2, 0.25) is 0 Å². The second kappa shape index (κ2) is 6.84. The third-order valence-corrected chi connectivity index (χ3v) is 2.69. The van der Waals surface area contributed by atoms with Crippen molar-refractivity contribution in [3.05, 3.63) is 79.9 Å². The van der Waals surface area contributed by atoms with Gasteiger partial charge in [-0.1, -0.05) is 0 Å². The van der Waals surface area contributed by atoms with Gasteiger partial charge in [0.25, 0.3) is 11.4 Å². The largest absolute Gasteiger partial charge is 0.269 e. The SMILES string of the molecule is O=[N+]([O-])c1ccc(C=N/N=C/c2ccc([N+](=O)[O-])cc2)cc1. The minimum absolute atomic E-state index is 0.00605. The van der Waals surface area contributed by atoms with Gasteiger partial charge in [0, 0.05) is 24.3 Å². The minimum Gasteiger partial charge on any atom is -0.258 e. The Balaban J connectivity index is 1.99. The quantitative estimate of drug-likeness (QED) is 0.480. The van der Waals surface area contributed by atoms with Gasteiger partial charge in [-0.25, -0.2) is 0 Å². The Morgan fingerprint density at radius 3 is 1.27 bits per heavy atom. The van der Waals surface area contributed by atoms with Crippen molar-refractivity contribution in [1.82, 2.24) is 0 Å². The average molecular weight is 298 g/mol. The van der Waals surface area contributed by atoms with Crippen LogP contribution in [0.3, 0.4) is 0 Å². The number of non-ortho nitro benzene ring substituents is 2. The third kappa shape index (κ3) is 4.04. The number of hydrogen-bond acceptors (Lipinski definition) is 6. The molecule has 0 bridgehead atoms. The third-order valence-electron chi connectivity index (χ3n) is 2.69. The Labute approximate surface area is 124 Å². The lowest BCUT2D eigenvalue weighted by Crippen LogP contribution is -1.88. The summed E-state index contributed by atoms with van der Waals surface area (Å²) in [5.74, 6) is 0. The summed E-state index contributed by atoms with van der Waals surface area (Å²) in [5, 5.41) is 28.6. The highest BCUT2D eigenvalue weighted by Crippen LogP contribution is 2.11. The summed E-state index contributed by atoms with van der Waals surface area (Å²) < 4.78 is 0. The molecule has 0 fully saturated rings. The van der Waals surface area contributed by atoms with E-state index in [0.29, 0.717) is 11.1 Å². The fourth-order valence-electron chi connectivity index (χ4n) is 1.56. The molecule has 8 nitrogen and oxygen atoms in total. The zero-order valence-electron chi connectivity index (χ0n) is 11.2. The van der Waals surface area contributed by atoms with E-state index in [1.54, 1.807) is 24.3 Å². The Hall–Kier alpha value is -3.42. The van der Waals surface area contributed by atoms with E-state index in [9.17, 15) is 20.2 Å². The lowest BCUT2D eigenvalue weighted by atomic mass is 10.2. The van der Waals surface area contributed by atoms with Crippen molar-refractivity contribution in [3.8, 4) is 0 Å². The van der Waals surface area contributed by atoms with Crippen LogP contribution in [0.15, 0.2) is 58.7 Å². The molecule has 0 aliphatic heterocycles. The summed E-state index contributed by atoms with van der Waals surface area (Å²) in [4.78, 5) is 20.0. The van der Waals surface area contributed by atoms with Crippen LogP contribution in [-0.2, 0) is 0 Å². The normalized spacial score (nSPS) is 11.1. The number of nitro benzene ring substituents is 2. The van der Waals surface area contributed by atoms with Crippen LogP contribution in [0.5, 0.6) is 0 Å². The Bertz CT molecular complexity index is 671. The molecule has 0 atom stereocenters. The molecule has 0 N–H and O–H groups in total. The van der Waals surface area contributed by atoms with Crippen LogP contribution in [-0.4, -0.2) is 22.3 Å². The van der Waals surface area contributed by atoms with Crippen LogP contribution in [0.25, 0.3) is 0 Å². The zero-order chi connectivity index (χ0) is 15.9. The van der Waals surface area contributed by atoms with Gasteiger partial charge in [0.05, 0.1) is 22.3 Å². The van der Waals surface area contributed by atoms with E-state index in [0.717, 1.165) is 0 Å². The highest BCUT2D eigenvalue weighted by atomic mass is 16.6. The van der Waals surface area contributed by atoms with Crippen molar-refractivity contribution in [1.29, 1.82) is 0 Å². The van der Waals surface area contributed by atoms with Crippen molar-refractivity contribution in [3.63, 3.8) is 0 Å². The molecular weight excluding hydrogens is 288 g/mol. The smallest absolute Gasteiger partial charge is 0.258 e. The van der Waals surface area contributed by atoms with Crippen molar-refractivity contribution >= 4 is 23.8 Å². The first-order valence-electron chi connectivity index (χ1n) is 6.11. The summed E-state index contributed by atoms with van der Waals surface area (Å²) in [5.41, 5.74) is 1.36. The van der Waals surface area contributed by atoms with E-state index in [1.165, 1.54) is 36.7 Å². The molecule has 0 aliphatic rings. The summed E-state index contributed by atoms with van der Waals surface area (Å²) in [6.07, 6.45) is 2.90. The predicted molar refractivity (Wildman–Crippen MR) is 81.4 cm³/mol. The number of nitro groups is 2. The molecule has 0 radical (unpaired) electrons. The summed E-state index contributed by atoms with van der Waals surface area (Å²) in [6.45, 7) is 0. The van der Waals surface area contributed by atoms with Gasteiger partial charge in [-0.2, -0.15) is 10.2 Å². The Morgan fingerprint density at radius 2 is 1.00 bits per heavy atom. The van der Waals surface area contributed by atoms with Gasteiger partial charge < -0.3 is 0 Å². The molecule has 0 amide bonds. The molecule has 0 saturated carbocycles. The predicted octanol–water partition coefficient (Wildman–Crippen LogP) is 2.96. The summed E-state index contributed by atoms with van der Waals surface area (Å²) >= 11 is 0. The number of benzene rings is 2. The standard InChI is InChI=1S/C14H10N4O4/c19-17(20)13-5-1-11(2-6-13)9-15-16-10-12-3-7-14(8-4-12)18(21)22/h1-10H/b15-9+,16-10?. The van der Waals surface area contributed by atoms with Crippen LogP contribution >= 0.6 is 0 Å². The Morgan fingerprint density at radius 1 is 0.682 bits per heavy atom. The van der Waals surface area contributed by atoms with E-state index >= 15 is 0 Å². The van der Waals surface area contributed by atoms with Crippen molar-refractivity contribution in [2.24, 2.45) is 10.2 Å². The highest BCUT2D eigenvalue weighted by molar-refractivity contribution is 5.83. The van der Waals surface area contributed by atoms with Crippen LogP contribution in [0.2, 0.25) is 0 Å². The number of hydrogen-bond donors (Lipinski definition) is 0. The topological polar surface area (TPSA) is 111 Å². The van der Waals surface area contributed by atoms with Crippen LogP contribution in [0.1, 0.15) is 11.1 Å². The number of rotatable bonds is 5. The summed E-state index contributed by atoms with van der Waals surface area (Å²) in [6, 6.07) is 11.7. The molecule has 2 aromatic rings. The molecule has 0 heterocycles. The van der Waals surface area contributed by atoms with Gasteiger partial charge in [-0.15, -0.1) is 0 Å². The molecule has 2 rings (SSSR count). The minimum atomic E-state index is -0.479. The molecule has 0 aliphatic carbocycles. The van der Waals surface area contributed by atoms with E-state index in [4.69, 9.17) is 0 Å². The molecule has 110 valence electrons. The maximum atomic E-state index is 10.5. The lowest BCUT2D eigenvalue weighted by Gasteiger charge is -1.93. The van der Waals surface area contributed by atoms with E-state index < -0.39 is 9.85 Å². The monoisotopic (exact) mass is 298 g/mol. The van der Waals surface area contributed by atoms with Gasteiger partial charge in [-0.3, -0.25) is 20.2 Å². The second-order valence-electron chi connectivity index (χ2n) is 4.19. The van der Waals surface area contributed by atoms with Crippen LogP contribution in [0, 0.1) is 20.2 Å². The zero-order valence-corrected chi connectivity index (χ0v) is 11.2. The number of nitrogens with zero attached hydrogens (tertiary/aromatic N) is 4. The molecule has 0 spiro atoms. The van der Waals surface area contributed by atoms with Gasteiger partial charge >= 0.3 is 0 Å². The van der Waals surface area contributed by atoms with Crippen LogP contribution in [0.4, 0.5) is 11.4 Å². The van der Waals surface area contributed by atoms with Gasteiger partial charge in [0.1, 0.15) is 0 Å². The molecule has 0 unspecified atom stereocenters. The van der Waals surface area contributed by atoms with E-state index in [-0.39, 0.29) is 11.4 Å². The first-order valence-corrected chi connectivity index (χ1v) is 6.11. The Kier molecular flexibility index (Phi) is 4.66. The highest BCUT2D eigenvalue weighted by Gasteiger charge is 2.03. The molecule has 0 saturated heterocycles.